The molecule has 2 aliphatic carbocycles. The van der Waals surface area contributed by atoms with Crippen LogP contribution in [-0.4, -0.2) is 34.8 Å². The lowest BCUT2D eigenvalue weighted by Crippen LogP contribution is -2.72. The van der Waals surface area contributed by atoms with Crippen LogP contribution in [0.4, 0.5) is 0 Å². The number of nitrogens with one attached hydrogen (secondary N) is 1. The molecule has 2 unspecified atom stereocenters. The number of carbonyl (C=O) groups excluding carboxylic acids is 2. The SMILES string of the molecule is CC(C)(C)C1NC(=O)C(C)(C2CC2)N(CCC2CC2)C1=O. The summed E-state index contributed by atoms with van der Waals surface area (Å²) in [6, 6.07) is -0.393. The van der Waals surface area contributed by atoms with Gasteiger partial charge in [0.25, 0.3) is 0 Å². The Morgan fingerprint density at radius 2 is 1.81 bits per heavy atom. The lowest BCUT2D eigenvalue weighted by Gasteiger charge is -2.49. The van der Waals surface area contributed by atoms with Crippen molar-refractivity contribution in [3.05, 3.63) is 0 Å². The van der Waals surface area contributed by atoms with Crippen LogP contribution in [0.5, 0.6) is 0 Å². The molecule has 21 heavy (non-hydrogen) atoms. The Labute approximate surface area is 127 Å². The van der Waals surface area contributed by atoms with E-state index in [2.05, 4.69) is 5.32 Å². The van der Waals surface area contributed by atoms with E-state index in [1.807, 2.05) is 32.6 Å². The molecule has 3 aliphatic rings. The van der Waals surface area contributed by atoms with Crippen LogP contribution >= 0.6 is 0 Å². The van der Waals surface area contributed by atoms with E-state index < -0.39 is 11.6 Å². The Kier molecular flexibility index (Phi) is 3.34. The van der Waals surface area contributed by atoms with Gasteiger partial charge in [-0.05, 0) is 43.4 Å². The number of carbonyl (C=O) groups is 2. The highest BCUT2D eigenvalue weighted by Crippen LogP contribution is 2.46. The normalized spacial score (nSPS) is 34.1. The Bertz CT molecular complexity index is 460. The first kappa shape index (κ1) is 14.9. The van der Waals surface area contributed by atoms with Crippen LogP contribution in [0.2, 0.25) is 0 Å². The lowest BCUT2D eigenvalue weighted by molar-refractivity contribution is -0.161. The number of amides is 2. The highest BCUT2D eigenvalue weighted by molar-refractivity contribution is 6.00. The number of hydrogen-bond acceptors (Lipinski definition) is 2. The first-order valence-corrected chi connectivity index (χ1v) is 8.37. The molecular weight excluding hydrogens is 264 g/mol. The van der Waals surface area contributed by atoms with Gasteiger partial charge in [0.2, 0.25) is 11.8 Å². The molecular formula is C17H28N2O2. The van der Waals surface area contributed by atoms with Crippen molar-refractivity contribution in [1.82, 2.24) is 10.2 Å². The molecule has 1 aliphatic heterocycles. The van der Waals surface area contributed by atoms with Gasteiger partial charge in [-0.3, -0.25) is 9.59 Å². The van der Waals surface area contributed by atoms with E-state index in [-0.39, 0.29) is 17.2 Å². The van der Waals surface area contributed by atoms with Gasteiger partial charge >= 0.3 is 0 Å². The second kappa shape index (κ2) is 4.72. The molecule has 2 saturated carbocycles. The Hall–Kier alpha value is -1.06. The predicted octanol–water partition coefficient (Wildman–Crippen LogP) is 2.33. The van der Waals surface area contributed by atoms with Gasteiger partial charge in [0.1, 0.15) is 11.6 Å². The molecule has 2 atom stereocenters. The molecule has 118 valence electrons. The number of hydrogen-bond donors (Lipinski definition) is 1. The fraction of sp³-hybridized carbons (Fsp3) is 0.882. The van der Waals surface area contributed by atoms with Gasteiger partial charge in [-0.2, -0.15) is 0 Å². The lowest BCUT2D eigenvalue weighted by atomic mass is 9.79. The van der Waals surface area contributed by atoms with Crippen LogP contribution < -0.4 is 5.32 Å². The zero-order chi connectivity index (χ0) is 15.4. The van der Waals surface area contributed by atoms with Crippen LogP contribution in [0.3, 0.4) is 0 Å². The molecule has 0 aromatic heterocycles. The zero-order valence-electron chi connectivity index (χ0n) is 13.7. The third-order valence-electron chi connectivity index (χ3n) is 5.51. The standard InChI is InChI=1S/C17H28N2O2/c1-16(2,3)13-14(20)19(10-9-11-5-6-11)17(4,12-7-8-12)15(21)18-13/h11-13H,5-10H2,1-4H3,(H,18,21). The van der Waals surface area contributed by atoms with Crippen LogP contribution in [0.25, 0.3) is 0 Å². The van der Waals surface area contributed by atoms with Crippen LogP contribution in [-0.2, 0) is 9.59 Å². The van der Waals surface area contributed by atoms with Crippen molar-refractivity contribution >= 4 is 11.8 Å². The van der Waals surface area contributed by atoms with Crippen molar-refractivity contribution in [2.45, 2.75) is 71.4 Å². The van der Waals surface area contributed by atoms with E-state index in [1.54, 1.807) is 0 Å². The van der Waals surface area contributed by atoms with Crippen molar-refractivity contribution in [2.75, 3.05) is 6.54 Å². The van der Waals surface area contributed by atoms with Gasteiger partial charge in [0, 0.05) is 6.54 Å². The Morgan fingerprint density at radius 3 is 2.29 bits per heavy atom. The second-order valence-corrected chi connectivity index (χ2v) is 8.42. The minimum atomic E-state index is -0.617. The average Bonchev–Trinajstić information content (AvgIpc) is 3.25. The third-order valence-corrected chi connectivity index (χ3v) is 5.51. The van der Waals surface area contributed by atoms with Gasteiger partial charge in [-0.1, -0.05) is 33.6 Å². The molecule has 1 N–H and O–H groups in total. The molecule has 3 rings (SSSR count). The summed E-state index contributed by atoms with van der Waals surface area (Å²) in [4.78, 5) is 27.7. The van der Waals surface area contributed by atoms with Crippen LogP contribution in [0.15, 0.2) is 0 Å². The smallest absolute Gasteiger partial charge is 0.246 e. The largest absolute Gasteiger partial charge is 0.342 e. The molecule has 4 heteroatoms. The maximum Gasteiger partial charge on any atom is 0.246 e. The van der Waals surface area contributed by atoms with Gasteiger partial charge in [-0.15, -0.1) is 0 Å². The van der Waals surface area contributed by atoms with Crippen LogP contribution in [0.1, 0.15) is 59.8 Å². The maximum absolute atomic E-state index is 13.0. The Balaban J connectivity index is 1.86. The molecule has 0 radical (unpaired) electrons. The average molecular weight is 292 g/mol. The third kappa shape index (κ3) is 2.58. The van der Waals surface area contributed by atoms with Gasteiger partial charge in [0.05, 0.1) is 0 Å². The highest BCUT2D eigenvalue weighted by Gasteiger charge is 2.58. The topological polar surface area (TPSA) is 49.4 Å². The summed E-state index contributed by atoms with van der Waals surface area (Å²) in [5.41, 5.74) is -0.858. The van der Waals surface area contributed by atoms with Crippen molar-refractivity contribution in [3.8, 4) is 0 Å². The molecule has 4 nitrogen and oxygen atoms in total. The van der Waals surface area contributed by atoms with Crippen molar-refractivity contribution in [3.63, 3.8) is 0 Å². The Morgan fingerprint density at radius 1 is 1.19 bits per heavy atom. The second-order valence-electron chi connectivity index (χ2n) is 8.42. The van der Waals surface area contributed by atoms with E-state index in [0.29, 0.717) is 5.92 Å². The molecule has 2 amide bonds. The monoisotopic (exact) mass is 292 g/mol. The van der Waals surface area contributed by atoms with Crippen molar-refractivity contribution in [2.24, 2.45) is 17.3 Å². The van der Waals surface area contributed by atoms with E-state index in [4.69, 9.17) is 0 Å². The summed E-state index contributed by atoms with van der Waals surface area (Å²) < 4.78 is 0. The van der Waals surface area contributed by atoms with Gasteiger partial charge < -0.3 is 10.2 Å². The van der Waals surface area contributed by atoms with Crippen molar-refractivity contribution < 1.29 is 9.59 Å². The number of nitrogens with zero attached hydrogens (tertiary/aromatic N) is 1. The fourth-order valence-electron chi connectivity index (χ4n) is 3.55. The van der Waals surface area contributed by atoms with E-state index in [9.17, 15) is 9.59 Å². The van der Waals surface area contributed by atoms with Gasteiger partial charge in [-0.25, -0.2) is 0 Å². The molecule has 0 aromatic rings. The highest BCUT2D eigenvalue weighted by atomic mass is 16.2. The minimum Gasteiger partial charge on any atom is -0.342 e. The van der Waals surface area contributed by atoms with E-state index in [1.165, 1.54) is 12.8 Å². The van der Waals surface area contributed by atoms with E-state index in [0.717, 1.165) is 31.7 Å². The number of piperazine rings is 1. The number of rotatable bonds is 4. The summed E-state index contributed by atoms with van der Waals surface area (Å²) in [6.07, 6.45) is 5.76. The van der Waals surface area contributed by atoms with Gasteiger partial charge in [0.15, 0.2) is 0 Å². The fourth-order valence-corrected chi connectivity index (χ4v) is 3.55. The zero-order valence-corrected chi connectivity index (χ0v) is 13.7. The molecule has 3 fully saturated rings. The molecule has 0 spiro atoms. The molecule has 1 saturated heterocycles. The molecule has 0 bridgehead atoms. The summed E-state index contributed by atoms with van der Waals surface area (Å²) in [5.74, 6) is 1.30. The quantitative estimate of drug-likeness (QED) is 0.864. The van der Waals surface area contributed by atoms with Crippen LogP contribution in [0, 0.1) is 17.3 Å². The molecule has 0 aromatic carbocycles. The molecule has 1 heterocycles. The first-order chi connectivity index (χ1) is 9.74. The summed E-state index contributed by atoms with van der Waals surface area (Å²) in [7, 11) is 0. The summed E-state index contributed by atoms with van der Waals surface area (Å²) >= 11 is 0. The maximum atomic E-state index is 13.0. The van der Waals surface area contributed by atoms with E-state index >= 15 is 0 Å². The minimum absolute atomic E-state index is 0.0559. The summed E-state index contributed by atoms with van der Waals surface area (Å²) in [5, 5.41) is 3.02. The predicted molar refractivity (Wildman–Crippen MR) is 81.6 cm³/mol. The van der Waals surface area contributed by atoms with Crippen molar-refractivity contribution in [1.29, 1.82) is 0 Å². The first-order valence-electron chi connectivity index (χ1n) is 8.37. The summed E-state index contributed by atoms with van der Waals surface area (Å²) in [6.45, 7) is 8.79.